The molecule has 0 fully saturated rings. The number of para-hydroxylation sites is 1. The van der Waals surface area contributed by atoms with Crippen LogP contribution in [-0.2, 0) is 4.84 Å². The lowest BCUT2D eigenvalue weighted by Gasteiger charge is -2.20. The summed E-state index contributed by atoms with van der Waals surface area (Å²) < 4.78 is 0. The van der Waals surface area contributed by atoms with Crippen molar-refractivity contribution in [3.8, 4) is 0 Å². The van der Waals surface area contributed by atoms with Gasteiger partial charge in [0.25, 0.3) is 0 Å². The highest BCUT2D eigenvalue weighted by Gasteiger charge is 2.14. The van der Waals surface area contributed by atoms with Crippen molar-refractivity contribution in [2.75, 3.05) is 19.2 Å². The van der Waals surface area contributed by atoms with E-state index in [-0.39, 0.29) is 6.03 Å². The van der Waals surface area contributed by atoms with Gasteiger partial charge in [-0.25, -0.2) is 4.79 Å². The fourth-order valence-electron chi connectivity index (χ4n) is 1.18. The summed E-state index contributed by atoms with van der Waals surface area (Å²) in [7, 11) is 3.02. The van der Waals surface area contributed by atoms with Crippen molar-refractivity contribution in [3.63, 3.8) is 0 Å². The van der Waals surface area contributed by atoms with E-state index in [1.165, 1.54) is 12.2 Å². The van der Waals surface area contributed by atoms with Gasteiger partial charge in [0.2, 0.25) is 0 Å². The van der Waals surface area contributed by atoms with Crippen molar-refractivity contribution < 1.29 is 9.63 Å². The van der Waals surface area contributed by atoms with E-state index in [2.05, 4.69) is 5.32 Å². The van der Waals surface area contributed by atoms with Crippen LogP contribution in [0.25, 0.3) is 0 Å². The molecule has 1 aromatic rings. The molecule has 0 aliphatic heterocycles. The summed E-state index contributed by atoms with van der Waals surface area (Å²) in [5, 5.41) is 3.72. The molecule has 1 rings (SSSR count). The molecule has 1 aromatic carbocycles. The van der Waals surface area contributed by atoms with Crippen molar-refractivity contribution in [3.05, 3.63) is 29.8 Å². The van der Waals surface area contributed by atoms with Crippen LogP contribution in [0, 0.1) is 6.92 Å². The Morgan fingerprint density at radius 2 is 2.07 bits per heavy atom. The third-order valence-corrected chi connectivity index (χ3v) is 1.92. The first-order valence-corrected chi connectivity index (χ1v) is 4.32. The fraction of sp³-hybridized carbons (Fsp3) is 0.300. The number of amides is 2. The maximum Gasteiger partial charge on any atom is 0.345 e. The van der Waals surface area contributed by atoms with E-state index in [0.29, 0.717) is 0 Å². The number of aryl methyl sites for hydroxylation is 1. The zero-order valence-corrected chi connectivity index (χ0v) is 8.57. The van der Waals surface area contributed by atoms with Crippen LogP contribution in [0.5, 0.6) is 0 Å². The maximum atomic E-state index is 11.4. The Morgan fingerprint density at radius 3 is 2.57 bits per heavy atom. The average Bonchev–Trinajstić information content (AvgIpc) is 2.21. The predicted octanol–water partition coefficient (Wildman–Crippen LogP) is 1.70. The molecule has 14 heavy (non-hydrogen) atoms. The third kappa shape index (κ3) is 2.03. The first-order valence-electron chi connectivity index (χ1n) is 4.32. The van der Waals surface area contributed by atoms with Gasteiger partial charge in [-0.1, -0.05) is 18.2 Å². The normalized spacial score (nSPS) is 9.64. The minimum absolute atomic E-state index is 0.290. The molecule has 0 radical (unpaired) electrons. The number of rotatable bonds is 2. The molecular weight excluding hydrogens is 180 g/mol. The molecule has 0 aliphatic rings. The molecule has 0 spiro atoms. The fourth-order valence-corrected chi connectivity index (χ4v) is 1.18. The average molecular weight is 194 g/mol. The number of hydroxylamine groups is 1. The number of nitrogens with one attached hydrogen (secondary N) is 1. The first kappa shape index (κ1) is 10.5. The third-order valence-electron chi connectivity index (χ3n) is 1.92. The van der Waals surface area contributed by atoms with Gasteiger partial charge in [0.1, 0.15) is 0 Å². The largest absolute Gasteiger partial charge is 0.345 e. The summed E-state index contributed by atoms with van der Waals surface area (Å²) in [6.45, 7) is 1.92. The topological polar surface area (TPSA) is 41.6 Å². The molecule has 76 valence electrons. The predicted molar refractivity (Wildman–Crippen MR) is 55.1 cm³/mol. The van der Waals surface area contributed by atoms with Gasteiger partial charge in [0.15, 0.2) is 0 Å². The Balaban J connectivity index is 3.01. The standard InChI is InChI=1S/C10H14N2O2/c1-8-6-4-5-7-9(8)12(14-3)10(13)11-2/h4-7H,1-3H3,(H,11,13). The van der Waals surface area contributed by atoms with Gasteiger partial charge in [0.05, 0.1) is 12.8 Å². The van der Waals surface area contributed by atoms with E-state index < -0.39 is 0 Å². The van der Waals surface area contributed by atoms with E-state index in [4.69, 9.17) is 4.84 Å². The number of urea groups is 1. The minimum atomic E-state index is -0.290. The second-order valence-electron chi connectivity index (χ2n) is 2.82. The van der Waals surface area contributed by atoms with Crippen LogP contribution in [0.4, 0.5) is 10.5 Å². The number of hydrogen-bond acceptors (Lipinski definition) is 2. The minimum Gasteiger partial charge on any atom is -0.339 e. The Labute approximate surface area is 83.4 Å². The van der Waals surface area contributed by atoms with Crippen molar-refractivity contribution in [1.29, 1.82) is 0 Å². The zero-order valence-electron chi connectivity index (χ0n) is 8.57. The van der Waals surface area contributed by atoms with Crippen molar-refractivity contribution in [2.45, 2.75) is 6.92 Å². The highest BCUT2D eigenvalue weighted by atomic mass is 16.7. The van der Waals surface area contributed by atoms with E-state index in [0.717, 1.165) is 11.3 Å². The summed E-state index contributed by atoms with van der Waals surface area (Å²) in [6.07, 6.45) is 0. The maximum absolute atomic E-state index is 11.4. The summed E-state index contributed by atoms with van der Waals surface area (Å²) in [4.78, 5) is 16.4. The lowest BCUT2D eigenvalue weighted by molar-refractivity contribution is 0.164. The molecule has 2 amide bonds. The summed E-state index contributed by atoms with van der Waals surface area (Å²) in [5.74, 6) is 0. The van der Waals surface area contributed by atoms with E-state index in [1.54, 1.807) is 7.05 Å². The zero-order chi connectivity index (χ0) is 10.6. The Hall–Kier alpha value is -1.55. The van der Waals surface area contributed by atoms with Gasteiger partial charge < -0.3 is 5.32 Å². The molecule has 4 heteroatoms. The van der Waals surface area contributed by atoms with Gasteiger partial charge in [0, 0.05) is 7.05 Å². The summed E-state index contributed by atoms with van der Waals surface area (Å²) in [6, 6.07) is 7.23. The number of benzene rings is 1. The van der Waals surface area contributed by atoms with Gasteiger partial charge >= 0.3 is 6.03 Å². The van der Waals surface area contributed by atoms with Gasteiger partial charge in [-0.3, -0.25) is 4.84 Å². The van der Waals surface area contributed by atoms with Gasteiger partial charge in [-0.05, 0) is 18.6 Å². The van der Waals surface area contributed by atoms with E-state index >= 15 is 0 Å². The molecule has 0 aliphatic carbocycles. The van der Waals surface area contributed by atoms with Crippen LogP contribution in [0.15, 0.2) is 24.3 Å². The number of nitrogens with zero attached hydrogens (tertiary/aromatic N) is 1. The molecule has 0 bridgehead atoms. The molecule has 0 heterocycles. The second kappa shape index (κ2) is 4.62. The lowest BCUT2D eigenvalue weighted by Crippen LogP contribution is -2.37. The lowest BCUT2D eigenvalue weighted by atomic mass is 10.2. The van der Waals surface area contributed by atoms with Crippen molar-refractivity contribution in [1.82, 2.24) is 5.32 Å². The SMILES string of the molecule is CNC(=O)N(OC)c1ccccc1C. The van der Waals surface area contributed by atoms with Crippen LogP contribution in [0.3, 0.4) is 0 Å². The molecule has 1 N–H and O–H groups in total. The summed E-state index contributed by atoms with van der Waals surface area (Å²) >= 11 is 0. The number of anilines is 1. The van der Waals surface area contributed by atoms with E-state index in [1.807, 2.05) is 31.2 Å². The molecule has 0 saturated carbocycles. The Kier molecular flexibility index (Phi) is 3.48. The molecule has 0 unspecified atom stereocenters. The molecule has 0 atom stereocenters. The van der Waals surface area contributed by atoms with Crippen LogP contribution < -0.4 is 10.4 Å². The Bertz CT molecular complexity index is 326. The van der Waals surface area contributed by atoms with E-state index in [9.17, 15) is 4.79 Å². The monoisotopic (exact) mass is 194 g/mol. The van der Waals surface area contributed by atoms with Crippen LogP contribution in [0.1, 0.15) is 5.56 Å². The number of carbonyl (C=O) groups excluding carboxylic acids is 1. The summed E-state index contributed by atoms with van der Waals surface area (Å²) in [5.41, 5.74) is 1.73. The second-order valence-corrected chi connectivity index (χ2v) is 2.82. The van der Waals surface area contributed by atoms with Crippen molar-refractivity contribution >= 4 is 11.7 Å². The molecule has 4 nitrogen and oxygen atoms in total. The van der Waals surface area contributed by atoms with Crippen molar-refractivity contribution in [2.24, 2.45) is 0 Å². The van der Waals surface area contributed by atoms with Crippen LogP contribution >= 0.6 is 0 Å². The first-order chi connectivity index (χ1) is 6.70. The molecule has 0 aromatic heterocycles. The highest BCUT2D eigenvalue weighted by Crippen LogP contribution is 2.18. The molecule has 0 saturated heterocycles. The molecular formula is C10H14N2O2. The smallest absolute Gasteiger partial charge is 0.339 e. The van der Waals surface area contributed by atoms with Gasteiger partial charge in [-0.15, -0.1) is 0 Å². The quantitative estimate of drug-likeness (QED) is 0.728. The van der Waals surface area contributed by atoms with Crippen LogP contribution in [-0.4, -0.2) is 20.2 Å². The number of carbonyl (C=O) groups is 1. The Morgan fingerprint density at radius 1 is 1.43 bits per heavy atom. The highest BCUT2D eigenvalue weighted by molar-refractivity contribution is 5.90. The number of hydrogen-bond donors (Lipinski definition) is 1. The van der Waals surface area contributed by atoms with Gasteiger partial charge in [-0.2, -0.15) is 5.06 Å². The van der Waals surface area contributed by atoms with Crippen LogP contribution in [0.2, 0.25) is 0 Å².